The molecule has 6 heteroatoms. The van der Waals surface area contributed by atoms with E-state index in [1.165, 1.54) is 6.07 Å². The molecule has 1 N–H and O–H groups in total. The average Bonchev–Trinajstić information content (AvgIpc) is 2.98. The number of ether oxygens (including phenoxy) is 2. The number of carbonyl (C=O) groups excluding carboxylic acids is 1. The Hall–Kier alpha value is -1.66. The predicted molar refractivity (Wildman–Crippen MR) is 78.9 cm³/mol. The lowest BCUT2D eigenvalue weighted by molar-refractivity contribution is -0.181. The van der Waals surface area contributed by atoms with Crippen molar-refractivity contribution in [2.75, 3.05) is 32.8 Å². The molecule has 1 spiro atoms. The molecular formula is C16H21FN2O3. The first-order valence-electron chi connectivity index (χ1n) is 7.73. The van der Waals surface area contributed by atoms with Gasteiger partial charge in [0, 0.05) is 32.5 Å². The number of amides is 2. The van der Waals surface area contributed by atoms with E-state index in [0.29, 0.717) is 57.7 Å². The van der Waals surface area contributed by atoms with Crippen molar-refractivity contribution in [3.8, 4) is 0 Å². The molecule has 2 heterocycles. The second-order valence-electron chi connectivity index (χ2n) is 5.67. The molecule has 0 aliphatic carbocycles. The Balaban J connectivity index is 1.42. The van der Waals surface area contributed by atoms with Gasteiger partial charge in [0.05, 0.1) is 13.2 Å². The fraction of sp³-hybridized carbons (Fsp3) is 0.562. The average molecular weight is 308 g/mol. The lowest BCUT2D eigenvalue weighted by atomic mass is 10.0. The van der Waals surface area contributed by atoms with Gasteiger partial charge in [-0.2, -0.15) is 0 Å². The van der Waals surface area contributed by atoms with Gasteiger partial charge in [-0.05, 0) is 18.1 Å². The van der Waals surface area contributed by atoms with Crippen molar-refractivity contribution in [3.05, 3.63) is 35.6 Å². The predicted octanol–water partition coefficient (Wildman–Crippen LogP) is 1.92. The molecule has 2 saturated heterocycles. The molecule has 2 aliphatic heterocycles. The van der Waals surface area contributed by atoms with Crippen LogP contribution in [-0.4, -0.2) is 49.6 Å². The molecule has 0 atom stereocenters. The number of halogens is 1. The number of likely N-dealkylation sites (tertiary alicyclic amines) is 1. The van der Waals surface area contributed by atoms with Gasteiger partial charge in [-0.25, -0.2) is 9.18 Å². The highest BCUT2D eigenvalue weighted by molar-refractivity contribution is 5.74. The number of carbonyl (C=O) groups is 1. The molecule has 2 amide bonds. The van der Waals surface area contributed by atoms with Gasteiger partial charge >= 0.3 is 6.03 Å². The Morgan fingerprint density at radius 2 is 1.91 bits per heavy atom. The van der Waals surface area contributed by atoms with E-state index in [1.807, 2.05) is 0 Å². The molecule has 0 radical (unpaired) electrons. The van der Waals surface area contributed by atoms with E-state index in [2.05, 4.69) is 5.32 Å². The van der Waals surface area contributed by atoms with E-state index in [4.69, 9.17) is 9.47 Å². The van der Waals surface area contributed by atoms with E-state index in [9.17, 15) is 9.18 Å². The Morgan fingerprint density at radius 3 is 2.59 bits per heavy atom. The van der Waals surface area contributed by atoms with Gasteiger partial charge in [0.1, 0.15) is 5.82 Å². The topological polar surface area (TPSA) is 50.8 Å². The van der Waals surface area contributed by atoms with Gasteiger partial charge in [0.15, 0.2) is 5.79 Å². The summed E-state index contributed by atoms with van der Waals surface area (Å²) in [7, 11) is 0. The molecule has 0 unspecified atom stereocenters. The van der Waals surface area contributed by atoms with E-state index in [-0.39, 0.29) is 11.8 Å². The summed E-state index contributed by atoms with van der Waals surface area (Å²) in [6.07, 6.45) is 1.89. The van der Waals surface area contributed by atoms with Crippen LogP contribution in [0.25, 0.3) is 0 Å². The van der Waals surface area contributed by atoms with Crippen LogP contribution >= 0.6 is 0 Å². The number of hydrogen-bond acceptors (Lipinski definition) is 3. The summed E-state index contributed by atoms with van der Waals surface area (Å²) in [5.74, 6) is -0.698. The second-order valence-corrected chi connectivity index (χ2v) is 5.67. The van der Waals surface area contributed by atoms with Crippen LogP contribution in [0.15, 0.2) is 24.3 Å². The van der Waals surface area contributed by atoms with E-state index < -0.39 is 5.79 Å². The van der Waals surface area contributed by atoms with Crippen LogP contribution in [0.4, 0.5) is 9.18 Å². The smallest absolute Gasteiger partial charge is 0.317 e. The van der Waals surface area contributed by atoms with Crippen LogP contribution < -0.4 is 5.32 Å². The lowest BCUT2D eigenvalue weighted by Gasteiger charge is -2.37. The standard InChI is InChI=1S/C16H21FN2O3/c17-14-4-2-1-3-13(14)5-8-18-15(20)19-9-6-16(7-10-19)21-11-12-22-16/h1-4H,5-12H2,(H,18,20). The fourth-order valence-corrected chi connectivity index (χ4v) is 2.95. The third kappa shape index (κ3) is 3.39. The van der Waals surface area contributed by atoms with E-state index in [1.54, 1.807) is 23.1 Å². The SMILES string of the molecule is O=C(NCCc1ccccc1F)N1CCC2(CC1)OCCO2. The van der Waals surface area contributed by atoms with Crippen LogP contribution in [0.1, 0.15) is 18.4 Å². The maximum Gasteiger partial charge on any atom is 0.317 e. The molecule has 0 aromatic heterocycles. The van der Waals surface area contributed by atoms with Gasteiger partial charge < -0.3 is 19.7 Å². The van der Waals surface area contributed by atoms with Crippen molar-refractivity contribution in [2.24, 2.45) is 0 Å². The minimum absolute atomic E-state index is 0.107. The second kappa shape index (κ2) is 6.62. The summed E-state index contributed by atoms with van der Waals surface area (Å²) in [6, 6.07) is 6.52. The number of hydrogen-bond donors (Lipinski definition) is 1. The first kappa shape index (κ1) is 15.2. The largest absolute Gasteiger partial charge is 0.347 e. The third-order valence-electron chi connectivity index (χ3n) is 4.25. The molecule has 5 nitrogen and oxygen atoms in total. The number of rotatable bonds is 3. The molecule has 1 aromatic rings. The number of urea groups is 1. The third-order valence-corrected chi connectivity index (χ3v) is 4.25. The van der Waals surface area contributed by atoms with Crippen molar-refractivity contribution in [2.45, 2.75) is 25.0 Å². The Morgan fingerprint density at radius 1 is 1.23 bits per heavy atom. The Bertz CT molecular complexity index is 522. The van der Waals surface area contributed by atoms with Gasteiger partial charge in [0.25, 0.3) is 0 Å². The zero-order valence-electron chi connectivity index (χ0n) is 12.5. The zero-order valence-corrected chi connectivity index (χ0v) is 12.5. The summed E-state index contributed by atoms with van der Waals surface area (Å²) in [5, 5.41) is 2.85. The van der Waals surface area contributed by atoms with Crippen molar-refractivity contribution < 1.29 is 18.7 Å². The molecule has 0 saturated carbocycles. The number of nitrogens with zero attached hydrogens (tertiary/aromatic N) is 1. The maximum atomic E-state index is 13.5. The fourth-order valence-electron chi connectivity index (χ4n) is 2.95. The molecule has 2 fully saturated rings. The highest BCUT2D eigenvalue weighted by Crippen LogP contribution is 2.31. The quantitative estimate of drug-likeness (QED) is 0.928. The monoisotopic (exact) mass is 308 g/mol. The van der Waals surface area contributed by atoms with E-state index >= 15 is 0 Å². The van der Waals surface area contributed by atoms with Crippen molar-refractivity contribution >= 4 is 6.03 Å². The molecule has 22 heavy (non-hydrogen) atoms. The highest BCUT2D eigenvalue weighted by Gasteiger charge is 2.40. The molecule has 1 aromatic carbocycles. The minimum atomic E-state index is -0.468. The summed E-state index contributed by atoms with van der Waals surface area (Å²) < 4.78 is 24.8. The number of nitrogens with one attached hydrogen (secondary N) is 1. The van der Waals surface area contributed by atoms with Crippen LogP contribution in [0, 0.1) is 5.82 Å². The molecule has 120 valence electrons. The summed E-state index contributed by atoms with van der Waals surface area (Å²) in [6.45, 7) is 2.93. The van der Waals surface area contributed by atoms with Crippen LogP contribution in [0.2, 0.25) is 0 Å². The van der Waals surface area contributed by atoms with Crippen molar-refractivity contribution in [1.29, 1.82) is 0 Å². The highest BCUT2D eigenvalue weighted by atomic mass is 19.1. The van der Waals surface area contributed by atoms with Crippen LogP contribution in [0.3, 0.4) is 0 Å². The summed E-state index contributed by atoms with van der Waals surface area (Å²) in [5.41, 5.74) is 0.619. The summed E-state index contributed by atoms with van der Waals surface area (Å²) >= 11 is 0. The van der Waals surface area contributed by atoms with Gasteiger partial charge in [-0.15, -0.1) is 0 Å². The molecule has 3 rings (SSSR count). The normalized spacial score (nSPS) is 20.3. The van der Waals surface area contributed by atoms with Gasteiger partial charge in [-0.1, -0.05) is 18.2 Å². The first-order chi connectivity index (χ1) is 10.7. The number of benzene rings is 1. The maximum absolute atomic E-state index is 13.5. The molecule has 0 bridgehead atoms. The summed E-state index contributed by atoms with van der Waals surface area (Å²) in [4.78, 5) is 13.9. The zero-order chi connectivity index (χ0) is 15.4. The van der Waals surface area contributed by atoms with E-state index in [0.717, 1.165) is 0 Å². The molecule has 2 aliphatic rings. The van der Waals surface area contributed by atoms with Crippen LogP contribution in [0.5, 0.6) is 0 Å². The minimum Gasteiger partial charge on any atom is -0.347 e. The lowest BCUT2D eigenvalue weighted by Crippen LogP contribution is -2.50. The Labute approximate surface area is 129 Å². The first-order valence-corrected chi connectivity index (χ1v) is 7.73. The van der Waals surface area contributed by atoms with Crippen LogP contribution in [-0.2, 0) is 15.9 Å². The van der Waals surface area contributed by atoms with Gasteiger partial charge in [-0.3, -0.25) is 0 Å². The molecular weight excluding hydrogens is 287 g/mol. The van der Waals surface area contributed by atoms with Gasteiger partial charge in [0.2, 0.25) is 0 Å². The number of piperidine rings is 1. The van der Waals surface area contributed by atoms with Crippen molar-refractivity contribution in [3.63, 3.8) is 0 Å². The Kier molecular flexibility index (Phi) is 4.59. The van der Waals surface area contributed by atoms with Crippen molar-refractivity contribution in [1.82, 2.24) is 10.2 Å².